The molecule has 0 radical (unpaired) electrons. The number of rotatable bonds is 7. The van der Waals surface area contributed by atoms with Crippen LogP contribution in [-0.2, 0) is 0 Å². The van der Waals surface area contributed by atoms with Crippen molar-refractivity contribution in [3.8, 4) is 23.0 Å². The quantitative estimate of drug-likeness (QED) is 0.595. The molecule has 0 atom stereocenters. The summed E-state index contributed by atoms with van der Waals surface area (Å²) in [5.74, 6) is 1.93. The minimum absolute atomic E-state index is 0.00210. The largest absolute Gasteiger partial charge is 0.496 e. The van der Waals surface area contributed by atoms with E-state index in [-0.39, 0.29) is 5.91 Å². The molecule has 7 nitrogen and oxygen atoms in total. The molecule has 4 rings (SSSR count). The fourth-order valence-corrected chi connectivity index (χ4v) is 3.72. The van der Waals surface area contributed by atoms with Crippen LogP contribution < -0.4 is 4.74 Å². The Labute approximate surface area is 176 Å². The van der Waals surface area contributed by atoms with Crippen LogP contribution in [0.2, 0.25) is 0 Å². The number of carbonyl (C=O) groups excluding carboxylic acids is 1. The van der Waals surface area contributed by atoms with Crippen molar-refractivity contribution in [2.24, 2.45) is 5.92 Å². The highest BCUT2D eigenvalue weighted by atomic mass is 16.5. The van der Waals surface area contributed by atoms with Gasteiger partial charge in [0.25, 0.3) is 11.9 Å². The Bertz CT molecular complexity index is 1060. The van der Waals surface area contributed by atoms with Gasteiger partial charge in [0.1, 0.15) is 5.75 Å². The minimum Gasteiger partial charge on any atom is -0.496 e. The van der Waals surface area contributed by atoms with Crippen molar-refractivity contribution >= 4 is 5.91 Å². The molecule has 0 saturated heterocycles. The molecule has 1 saturated carbocycles. The van der Waals surface area contributed by atoms with Gasteiger partial charge in [-0.25, -0.2) is 14.6 Å². The molecule has 0 bridgehead atoms. The highest BCUT2D eigenvalue weighted by Gasteiger charge is 2.34. The number of hydrogen-bond donors (Lipinski definition) is 0. The molecule has 1 aliphatic rings. The summed E-state index contributed by atoms with van der Waals surface area (Å²) in [5.41, 5.74) is 3.19. The standard InChI is InChI=1S/C23H27N5O2/c1-15(2)14-27(3)22(29)18-13-25-28(21(18)16-9-10-16)23-24-12-11-19(26-23)17-7-5-6-8-20(17)30-4/h5-8,11-13,15-16H,9-10,14H2,1-4H3. The zero-order valence-corrected chi connectivity index (χ0v) is 17.9. The van der Waals surface area contributed by atoms with E-state index in [0.717, 1.165) is 35.5 Å². The fraction of sp³-hybridized carbons (Fsp3) is 0.391. The SMILES string of the molecule is COc1ccccc1-c1ccnc(-n2ncc(C(=O)N(C)CC(C)C)c2C2CC2)n1. The van der Waals surface area contributed by atoms with E-state index in [9.17, 15) is 4.79 Å². The predicted molar refractivity (Wildman–Crippen MR) is 115 cm³/mol. The van der Waals surface area contributed by atoms with E-state index in [2.05, 4.69) is 23.9 Å². The number of benzene rings is 1. The first-order valence-electron chi connectivity index (χ1n) is 10.3. The summed E-state index contributed by atoms with van der Waals surface area (Å²) in [6, 6.07) is 9.59. The van der Waals surface area contributed by atoms with Gasteiger partial charge in [0.2, 0.25) is 0 Å². The second kappa shape index (κ2) is 8.26. The lowest BCUT2D eigenvalue weighted by Crippen LogP contribution is -2.30. The van der Waals surface area contributed by atoms with Gasteiger partial charge in [-0.05, 0) is 37.0 Å². The predicted octanol–water partition coefficient (Wildman–Crippen LogP) is 3.94. The molecule has 2 heterocycles. The van der Waals surface area contributed by atoms with Gasteiger partial charge in [-0.15, -0.1) is 0 Å². The fourth-order valence-electron chi connectivity index (χ4n) is 3.72. The molecule has 0 spiro atoms. The summed E-state index contributed by atoms with van der Waals surface area (Å²) in [5, 5.41) is 4.52. The molecule has 1 amide bonds. The molecular formula is C23H27N5O2. The van der Waals surface area contributed by atoms with E-state index in [0.29, 0.717) is 29.9 Å². The van der Waals surface area contributed by atoms with Crippen LogP contribution in [0.15, 0.2) is 42.7 Å². The minimum atomic E-state index is -0.00210. The Morgan fingerprint density at radius 1 is 1.27 bits per heavy atom. The van der Waals surface area contributed by atoms with E-state index in [1.807, 2.05) is 37.4 Å². The van der Waals surface area contributed by atoms with Crippen LogP contribution in [0.25, 0.3) is 17.2 Å². The highest BCUT2D eigenvalue weighted by molar-refractivity contribution is 5.95. The second-order valence-electron chi connectivity index (χ2n) is 8.15. The molecule has 1 aromatic carbocycles. The van der Waals surface area contributed by atoms with Crippen molar-refractivity contribution in [2.45, 2.75) is 32.6 Å². The first-order valence-corrected chi connectivity index (χ1v) is 10.3. The number of hydrogen-bond acceptors (Lipinski definition) is 5. The number of ether oxygens (including phenoxy) is 1. The zero-order valence-electron chi connectivity index (χ0n) is 17.9. The number of methoxy groups -OCH3 is 1. The van der Waals surface area contributed by atoms with E-state index in [1.54, 1.807) is 29.1 Å². The second-order valence-corrected chi connectivity index (χ2v) is 8.15. The van der Waals surface area contributed by atoms with E-state index >= 15 is 0 Å². The first kappa shape index (κ1) is 20.1. The zero-order chi connectivity index (χ0) is 21.3. The Kier molecular flexibility index (Phi) is 5.53. The maximum absolute atomic E-state index is 13.1. The highest BCUT2D eigenvalue weighted by Crippen LogP contribution is 2.42. The lowest BCUT2D eigenvalue weighted by Gasteiger charge is -2.19. The molecule has 2 aromatic heterocycles. The van der Waals surface area contributed by atoms with Gasteiger partial charge in [0.05, 0.1) is 30.3 Å². The molecule has 3 aromatic rings. The summed E-state index contributed by atoms with van der Waals surface area (Å²) < 4.78 is 7.21. The van der Waals surface area contributed by atoms with Gasteiger partial charge < -0.3 is 9.64 Å². The number of nitrogens with zero attached hydrogens (tertiary/aromatic N) is 5. The summed E-state index contributed by atoms with van der Waals surface area (Å²) in [6.07, 6.45) is 5.47. The molecule has 0 aliphatic heterocycles. The first-order chi connectivity index (χ1) is 14.5. The third kappa shape index (κ3) is 3.92. The molecule has 0 unspecified atom stereocenters. The molecular weight excluding hydrogens is 378 g/mol. The Morgan fingerprint density at radius 2 is 2.03 bits per heavy atom. The van der Waals surface area contributed by atoms with E-state index in [1.165, 1.54) is 0 Å². The van der Waals surface area contributed by atoms with Crippen LogP contribution >= 0.6 is 0 Å². The van der Waals surface area contributed by atoms with Crippen LogP contribution in [0.4, 0.5) is 0 Å². The summed E-state index contributed by atoms with van der Waals surface area (Å²) in [6.45, 7) is 4.91. The van der Waals surface area contributed by atoms with Crippen molar-refractivity contribution in [1.29, 1.82) is 0 Å². The molecule has 156 valence electrons. The number of aromatic nitrogens is 4. The summed E-state index contributed by atoms with van der Waals surface area (Å²) in [4.78, 5) is 24.0. The number of para-hydroxylation sites is 1. The normalized spacial score (nSPS) is 13.5. The van der Waals surface area contributed by atoms with Crippen molar-refractivity contribution in [2.75, 3.05) is 20.7 Å². The Hall–Kier alpha value is -3.22. The molecule has 1 fully saturated rings. The third-order valence-electron chi connectivity index (χ3n) is 5.20. The molecule has 1 aliphatic carbocycles. The van der Waals surface area contributed by atoms with E-state index in [4.69, 9.17) is 9.72 Å². The van der Waals surface area contributed by atoms with Crippen LogP contribution in [0.3, 0.4) is 0 Å². The Morgan fingerprint density at radius 3 is 2.73 bits per heavy atom. The van der Waals surface area contributed by atoms with Gasteiger partial charge in [-0.2, -0.15) is 5.10 Å². The van der Waals surface area contributed by atoms with Crippen LogP contribution in [0.5, 0.6) is 5.75 Å². The van der Waals surface area contributed by atoms with Gasteiger partial charge in [0.15, 0.2) is 0 Å². The van der Waals surface area contributed by atoms with Gasteiger partial charge >= 0.3 is 0 Å². The molecule has 30 heavy (non-hydrogen) atoms. The van der Waals surface area contributed by atoms with E-state index < -0.39 is 0 Å². The average molecular weight is 406 g/mol. The Balaban J connectivity index is 1.73. The molecule has 0 N–H and O–H groups in total. The lowest BCUT2D eigenvalue weighted by molar-refractivity contribution is 0.0778. The van der Waals surface area contributed by atoms with Crippen LogP contribution in [0, 0.1) is 5.92 Å². The van der Waals surface area contributed by atoms with Gasteiger partial charge in [-0.3, -0.25) is 4.79 Å². The van der Waals surface area contributed by atoms with Crippen molar-refractivity contribution in [3.05, 3.63) is 54.0 Å². The summed E-state index contributed by atoms with van der Waals surface area (Å²) >= 11 is 0. The van der Waals surface area contributed by atoms with Gasteiger partial charge in [-0.1, -0.05) is 26.0 Å². The maximum Gasteiger partial charge on any atom is 0.257 e. The van der Waals surface area contributed by atoms with Crippen molar-refractivity contribution in [1.82, 2.24) is 24.6 Å². The molecule has 7 heteroatoms. The topological polar surface area (TPSA) is 73.1 Å². The van der Waals surface area contributed by atoms with Gasteiger partial charge in [0, 0.05) is 31.3 Å². The van der Waals surface area contributed by atoms with Crippen molar-refractivity contribution in [3.63, 3.8) is 0 Å². The maximum atomic E-state index is 13.1. The smallest absolute Gasteiger partial charge is 0.257 e. The van der Waals surface area contributed by atoms with Crippen LogP contribution in [-0.4, -0.2) is 51.3 Å². The average Bonchev–Trinajstić information content (AvgIpc) is 3.50. The van der Waals surface area contributed by atoms with Crippen molar-refractivity contribution < 1.29 is 9.53 Å². The summed E-state index contributed by atoms with van der Waals surface area (Å²) in [7, 11) is 3.49. The third-order valence-corrected chi connectivity index (χ3v) is 5.20. The lowest BCUT2D eigenvalue weighted by atomic mass is 10.1. The van der Waals surface area contributed by atoms with Crippen LogP contribution in [0.1, 0.15) is 48.7 Å². The monoisotopic (exact) mass is 405 g/mol. The number of amides is 1. The number of carbonyl (C=O) groups is 1.